The van der Waals surface area contributed by atoms with Crippen LogP contribution in [0.2, 0.25) is 5.02 Å². The molecule has 0 saturated carbocycles. The van der Waals surface area contributed by atoms with Crippen LogP contribution in [0.4, 0.5) is 0 Å². The van der Waals surface area contributed by atoms with E-state index in [1.807, 2.05) is 0 Å². The predicted molar refractivity (Wildman–Crippen MR) is 74.2 cm³/mol. The van der Waals surface area contributed by atoms with Crippen molar-refractivity contribution in [3.8, 4) is 0 Å². The Bertz CT molecular complexity index is 414. The van der Waals surface area contributed by atoms with Crippen molar-refractivity contribution in [2.75, 3.05) is 27.4 Å². The van der Waals surface area contributed by atoms with Gasteiger partial charge in [-0.3, -0.25) is 4.79 Å². The first kappa shape index (κ1) is 15.4. The molecule has 1 amide bonds. The van der Waals surface area contributed by atoms with Crippen molar-refractivity contribution >= 4 is 33.4 Å². The van der Waals surface area contributed by atoms with E-state index in [0.29, 0.717) is 28.2 Å². The summed E-state index contributed by atoms with van der Waals surface area (Å²) in [5, 5.41) is 3.15. The van der Waals surface area contributed by atoms with Crippen LogP contribution in [-0.2, 0) is 9.47 Å². The SMILES string of the molecule is COCC(CNC(=O)c1cccc(Br)c1Cl)OC. The van der Waals surface area contributed by atoms with Crippen LogP contribution in [0.1, 0.15) is 10.4 Å². The van der Waals surface area contributed by atoms with Gasteiger partial charge in [0.1, 0.15) is 0 Å². The van der Waals surface area contributed by atoms with Crippen molar-refractivity contribution in [3.05, 3.63) is 33.3 Å². The summed E-state index contributed by atoms with van der Waals surface area (Å²) in [7, 11) is 3.15. The van der Waals surface area contributed by atoms with E-state index < -0.39 is 0 Å². The number of methoxy groups -OCH3 is 2. The largest absolute Gasteiger partial charge is 0.382 e. The number of nitrogens with one attached hydrogen (secondary N) is 1. The second-order valence-electron chi connectivity index (χ2n) is 3.62. The lowest BCUT2D eigenvalue weighted by Crippen LogP contribution is -2.35. The molecule has 0 heterocycles. The molecule has 1 aromatic rings. The highest BCUT2D eigenvalue weighted by molar-refractivity contribution is 9.10. The molecule has 0 aromatic heterocycles. The number of halogens is 2. The Hall–Kier alpha value is -0.620. The van der Waals surface area contributed by atoms with Gasteiger partial charge >= 0.3 is 0 Å². The second kappa shape index (κ2) is 7.74. The third-order valence-corrected chi connectivity index (χ3v) is 3.67. The van der Waals surface area contributed by atoms with Crippen LogP contribution in [-0.4, -0.2) is 39.4 Å². The van der Waals surface area contributed by atoms with Crippen LogP contribution in [0.25, 0.3) is 0 Å². The van der Waals surface area contributed by atoms with Gasteiger partial charge in [0.25, 0.3) is 5.91 Å². The summed E-state index contributed by atoms with van der Waals surface area (Å²) < 4.78 is 10.8. The fourth-order valence-electron chi connectivity index (χ4n) is 1.38. The Labute approximate surface area is 120 Å². The Morgan fingerprint density at radius 3 is 2.83 bits per heavy atom. The Balaban J connectivity index is 2.62. The van der Waals surface area contributed by atoms with E-state index in [9.17, 15) is 4.79 Å². The molecular weight excluding hydrogens is 321 g/mol. The number of hydrogen-bond donors (Lipinski definition) is 1. The van der Waals surface area contributed by atoms with Gasteiger partial charge in [0.2, 0.25) is 0 Å². The fraction of sp³-hybridized carbons (Fsp3) is 0.417. The third-order valence-electron chi connectivity index (χ3n) is 2.37. The number of hydrogen-bond acceptors (Lipinski definition) is 3. The molecule has 100 valence electrons. The molecule has 1 unspecified atom stereocenters. The van der Waals surface area contributed by atoms with E-state index in [1.54, 1.807) is 32.4 Å². The average molecular weight is 337 g/mol. The molecule has 1 N–H and O–H groups in total. The standard InChI is InChI=1S/C12H15BrClNO3/c1-17-7-8(18-2)6-15-12(16)9-4-3-5-10(13)11(9)14/h3-5,8H,6-7H2,1-2H3,(H,15,16). The molecule has 0 bridgehead atoms. The summed E-state index contributed by atoms with van der Waals surface area (Å²) in [5.74, 6) is -0.237. The van der Waals surface area contributed by atoms with Gasteiger partial charge in [-0.15, -0.1) is 0 Å². The number of carbonyl (C=O) groups is 1. The topological polar surface area (TPSA) is 47.6 Å². The zero-order chi connectivity index (χ0) is 13.5. The lowest BCUT2D eigenvalue weighted by atomic mass is 10.2. The maximum absolute atomic E-state index is 11.9. The Kier molecular flexibility index (Phi) is 6.63. The number of carbonyl (C=O) groups excluding carboxylic acids is 1. The lowest BCUT2D eigenvalue weighted by molar-refractivity contribution is 0.0285. The van der Waals surface area contributed by atoms with Crippen molar-refractivity contribution in [1.82, 2.24) is 5.32 Å². The van der Waals surface area contributed by atoms with Crippen LogP contribution in [0.5, 0.6) is 0 Å². The Morgan fingerprint density at radius 2 is 2.22 bits per heavy atom. The fourth-order valence-corrected chi connectivity index (χ4v) is 1.96. The molecule has 1 rings (SSSR count). The van der Waals surface area contributed by atoms with Gasteiger partial charge in [0.15, 0.2) is 0 Å². The highest BCUT2D eigenvalue weighted by Crippen LogP contribution is 2.25. The average Bonchev–Trinajstić information content (AvgIpc) is 2.37. The van der Waals surface area contributed by atoms with E-state index in [4.69, 9.17) is 21.1 Å². The molecule has 18 heavy (non-hydrogen) atoms. The van der Waals surface area contributed by atoms with E-state index in [2.05, 4.69) is 21.2 Å². The summed E-state index contributed by atoms with van der Waals surface area (Å²) in [6, 6.07) is 5.20. The minimum atomic E-state index is -0.237. The number of amides is 1. The molecule has 0 spiro atoms. The Morgan fingerprint density at radius 1 is 1.50 bits per heavy atom. The monoisotopic (exact) mass is 335 g/mol. The van der Waals surface area contributed by atoms with E-state index >= 15 is 0 Å². The minimum absolute atomic E-state index is 0.176. The van der Waals surface area contributed by atoms with Crippen LogP contribution < -0.4 is 5.32 Å². The molecule has 6 heteroatoms. The van der Waals surface area contributed by atoms with Crippen molar-refractivity contribution in [1.29, 1.82) is 0 Å². The number of benzene rings is 1. The zero-order valence-electron chi connectivity index (χ0n) is 10.2. The lowest BCUT2D eigenvalue weighted by Gasteiger charge is -2.15. The molecule has 4 nitrogen and oxygen atoms in total. The normalized spacial score (nSPS) is 12.2. The molecule has 1 atom stereocenters. The molecule has 1 aromatic carbocycles. The summed E-state index contributed by atoms with van der Waals surface area (Å²) in [5.41, 5.74) is 0.429. The molecule has 0 aliphatic carbocycles. The van der Waals surface area contributed by atoms with Crippen LogP contribution in [0.3, 0.4) is 0 Å². The molecule has 0 saturated heterocycles. The van der Waals surface area contributed by atoms with Crippen molar-refractivity contribution in [2.45, 2.75) is 6.10 Å². The number of ether oxygens (including phenoxy) is 2. The van der Waals surface area contributed by atoms with E-state index in [1.165, 1.54) is 0 Å². The van der Waals surface area contributed by atoms with E-state index in [-0.39, 0.29) is 12.0 Å². The maximum Gasteiger partial charge on any atom is 0.252 e. The third kappa shape index (κ3) is 4.24. The first-order valence-corrected chi connectivity index (χ1v) is 6.51. The van der Waals surface area contributed by atoms with Gasteiger partial charge in [-0.25, -0.2) is 0 Å². The van der Waals surface area contributed by atoms with Gasteiger partial charge < -0.3 is 14.8 Å². The van der Waals surface area contributed by atoms with Gasteiger partial charge in [0.05, 0.1) is 23.3 Å². The predicted octanol–water partition coefficient (Wildman–Crippen LogP) is 2.49. The van der Waals surface area contributed by atoms with Crippen molar-refractivity contribution in [2.24, 2.45) is 0 Å². The molecule has 0 aliphatic heterocycles. The molecular formula is C12H15BrClNO3. The smallest absolute Gasteiger partial charge is 0.252 e. The first-order chi connectivity index (χ1) is 8.60. The number of rotatable bonds is 6. The van der Waals surface area contributed by atoms with Crippen LogP contribution in [0, 0.1) is 0 Å². The summed E-state index contributed by atoms with van der Waals surface area (Å²) in [6.45, 7) is 0.787. The maximum atomic E-state index is 11.9. The highest BCUT2D eigenvalue weighted by Gasteiger charge is 2.14. The van der Waals surface area contributed by atoms with Gasteiger partial charge in [-0.05, 0) is 28.1 Å². The van der Waals surface area contributed by atoms with Gasteiger partial charge in [-0.2, -0.15) is 0 Å². The minimum Gasteiger partial charge on any atom is -0.382 e. The van der Waals surface area contributed by atoms with E-state index in [0.717, 1.165) is 0 Å². The van der Waals surface area contributed by atoms with Gasteiger partial charge in [0, 0.05) is 25.2 Å². The second-order valence-corrected chi connectivity index (χ2v) is 4.86. The first-order valence-electron chi connectivity index (χ1n) is 5.34. The molecule has 0 fully saturated rings. The highest BCUT2D eigenvalue weighted by atomic mass is 79.9. The summed E-state index contributed by atoms with van der Waals surface area (Å²) in [4.78, 5) is 11.9. The van der Waals surface area contributed by atoms with Crippen molar-refractivity contribution < 1.29 is 14.3 Å². The molecule has 0 radical (unpaired) electrons. The molecule has 0 aliphatic rings. The zero-order valence-corrected chi connectivity index (χ0v) is 12.5. The van der Waals surface area contributed by atoms with Crippen LogP contribution in [0.15, 0.2) is 22.7 Å². The summed E-state index contributed by atoms with van der Waals surface area (Å²) in [6.07, 6.45) is -0.176. The van der Waals surface area contributed by atoms with Crippen molar-refractivity contribution in [3.63, 3.8) is 0 Å². The van der Waals surface area contributed by atoms with Gasteiger partial charge in [-0.1, -0.05) is 17.7 Å². The quantitative estimate of drug-likeness (QED) is 0.868. The summed E-state index contributed by atoms with van der Waals surface area (Å²) >= 11 is 9.31. The van der Waals surface area contributed by atoms with Crippen LogP contribution >= 0.6 is 27.5 Å².